The zero-order chi connectivity index (χ0) is 25.5. The lowest BCUT2D eigenvalue weighted by molar-refractivity contribution is 0.0172. The number of rotatable bonds is 5. The Morgan fingerprint density at radius 3 is 2.51 bits per heavy atom. The molecule has 3 nitrogen and oxygen atoms in total. The molecule has 0 fully saturated rings. The van der Waals surface area contributed by atoms with Crippen molar-refractivity contribution < 1.29 is 21.6 Å². The molecule has 0 N–H and O–H groups in total. The molecule has 1 aliphatic heterocycles. The number of fused-ring (bicyclic) bond motifs is 1. The van der Waals surface area contributed by atoms with E-state index < -0.39 is 21.8 Å². The Hall–Kier alpha value is -3.03. The number of halogens is 4. The van der Waals surface area contributed by atoms with Crippen LogP contribution in [0, 0.1) is 5.82 Å². The lowest BCUT2D eigenvalue weighted by atomic mass is 9.96. The van der Waals surface area contributed by atoms with Gasteiger partial charge >= 0.3 is 0 Å². The molecule has 182 valence electrons. The zero-order valence-electron chi connectivity index (χ0n) is 19.2. The molecule has 4 rings (SSSR count). The molecule has 1 heterocycles. The van der Waals surface area contributed by atoms with Gasteiger partial charge in [-0.05, 0) is 60.4 Å². The average molecular weight is 518 g/mol. The van der Waals surface area contributed by atoms with Gasteiger partial charge in [0.2, 0.25) is 0 Å². The molecule has 0 unspecified atom stereocenters. The molecule has 0 radical (unpaired) electrons. The highest BCUT2D eigenvalue weighted by atomic mass is 35.5. The monoisotopic (exact) mass is 517 g/mol. The molecule has 0 saturated carbocycles. The van der Waals surface area contributed by atoms with Crippen LogP contribution < -0.4 is 4.31 Å². The number of hydrogen-bond acceptors (Lipinski definition) is 2. The molecule has 35 heavy (non-hydrogen) atoms. The minimum Gasteiger partial charge on any atom is -0.265 e. The van der Waals surface area contributed by atoms with Crippen molar-refractivity contribution in [2.24, 2.45) is 0 Å². The van der Waals surface area contributed by atoms with E-state index in [9.17, 15) is 21.6 Å². The van der Waals surface area contributed by atoms with Gasteiger partial charge in [-0.3, -0.25) is 4.31 Å². The van der Waals surface area contributed by atoms with Crippen molar-refractivity contribution in [3.8, 4) is 0 Å². The minimum atomic E-state index is -4.14. The molecular formula is C27H23ClF3NO2S. The highest BCUT2D eigenvalue weighted by molar-refractivity contribution is 7.92. The van der Waals surface area contributed by atoms with Crippen LogP contribution in [-0.4, -0.2) is 15.0 Å². The van der Waals surface area contributed by atoms with E-state index in [-0.39, 0.29) is 27.6 Å². The number of allylic oxidation sites excluding steroid dienone is 1. The second kappa shape index (κ2) is 9.21. The van der Waals surface area contributed by atoms with Crippen LogP contribution in [0.1, 0.15) is 42.5 Å². The summed E-state index contributed by atoms with van der Waals surface area (Å²) in [6.07, 6.45) is 2.11. The van der Waals surface area contributed by atoms with Crippen LogP contribution in [0.15, 0.2) is 72.1 Å². The third kappa shape index (κ3) is 4.88. The van der Waals surface area contributed by atoms with E-state index in [0.29, 0.717) is 28.8 Å². The van der Waals surface area contributed by atoms with Gasteiger partial charge in [0.1, 0.15) is 5.82 Å². The fraction of sp³-hybridized carbons (Fsp3) is 0.185. The molecule has 0 saturated heterocycles. The number of benzene rings is 3. The van der Waals surface area contributed by atoms with Crippen LogP contribution in [-0.2, 0) is 15.9 Å². The van der Waals surface area contributed by atoms with Crippen molar-refractivity contribution in [1.29, 1.82) is 0 Å². The summed E-state index contributed by atoms with van der Waals surface area (Å²) in [5.74, 6) is -3.64. The van der Waals surface area contributed by atoms with Gasteiger partial charge in [0, 0.05) is 30.2 Å². The average Bonchev–Trinajstić information content (AvgIpc) is 2.78. The van der Waals surface area contributed by atoms with Crippen molar-refractivity contribution in [1.82, 2.24) is 0 Å². The Bertz CT molecular complexity index is 1440. The van der Waals surface area contributed by atoms with E-state index in [1.807, 2.05) is 0 Å². The number of hydrogen-bond donors (Lipinski definition) is 0. The first-order valence-corrected chi connectivity index (χ1v) is 12.7. The van der Waals surface area contributed by atoms with Crippen molar-refractivity contribution in [3.63, 3.8) is 0 Å². The summed E-state index contributed by atoms with van der Waals surface area (Å²) in [6, 6.07) is 14.5. The van der Waals surface area contributed by atoms with Gasteiger partial charge in [-0.2, -0.15) is 0 Å². The maximum Gasteiger partial charge on any atom is 0.270 e. The number of sulfonamides is 1. The van der Waals surface area contributed by atoms with E-state index in [2.05, 4.69) is 6.58 Å². The van der Waals surface area contributed by atoms with Crippen LogP contribution in [0.2, 0.25) is 5.02 Å². The lowest BCUT2D eigenvalue weighted by Gasteiger charge is -2.32. The summed E-state index contributed by atoms with van der Waals surface area (Å²) in [5, 5.41) is 0.266. The van der Waals surface area contributed by atoms with Crippen molar-refractivity contribution >= 4 is 44.5 Å². The maximum atomic E-state index is 14.4. The molecular weight excluding hydrogens is 495 g/mol. The standard InChI is InChI=1S/C27H23ClF3NO2S/c1-17-12-13-32(35(33,34)21-7-4-6-20(16-21)27(3,30)31)25-15-19(10-11-22(17)25)14-18(2)26-23(28)8-5-9-24(26)29/h4-11,14-16H,1,12-13H2,2-3H3. The first-order chi connectivity index (χ1) is 16.4. The molecule has 0 spiro atoms. The second-order valence-corrected chi connectivity index (χ2v) is 10.8. The summed E-state index contributed by atoms with van der Waals surface area (Å²) in [5.41, 5.74) is 2.88. The Morgan fingerprint density at radius 1 is 1.11 bits per heavy atom. The first kappa shape index (κ1) is 25.1. The van der Waals surface area contributed by atoms with E-state index in [4.69, 9.17) is 11.6 Å². The molecule has 0 bridgehead atoms. The van der Waals surface area contributed by atoms with Crippen LogP contribution in [0.5, 0.6) is 0 Å². The highest BCUT2D eigenvalue weighted by Gasteiger charge is 2.32. The zero-order valence-corrected chi connectivity index (χ0v) is 20.7. The fourth-order valence-corrected chi connectivity index (χ4v) is 5.97. The van der Waals surface area contributed by atoms with E-state index in [1.54, 1.807) is 37.3 Å². The number of anilines is 1. The van der Waals surface area contributed by atoms with Gasteiger partial charge in [0.05, 0.1) is 15.6 Å². The van der Waals surface area contributed by atoms with E-state index in [1.165, 1.54) is 34.6 Å². The SMILES string of the molecule is C=C1CCN(S(=O)(=O)c2cccc(C(C)(F)F)c2)c2cc(C=C(C)c3c(F)cccc3Cl)ccc21. The second-order valence-electron chi connectivity index (χ2n) is 8.55. The lowest BCUT2D eigenvalue weighted by Crippen LogP contribution is -2.35. The van der Waals surface area contributed by atoms with E-state index in [0.717, 1.165) is 18.6 Å². The highest BCUT2D eigenvalue weighted by Crippen LogP contribution is 2.39. The van der Waals surface area contributed by atoms with Crippen LogP contribution in [0.3, 0.4) is 0 Å². The third-order valence-electron chi connectivity index (χ3n) is 5.96. The summed E-state index contributed by atoms with van der Waals surface area (Å²) in [6.45, 7) is 6.61. The summed E-state index contributed by atoms with van der Waals surface area (Å²) < 4.78 is 70.4. The molecule has 3 aromatic carbocycles. The fourth-order valence-electron chi connectivity index (χ4n) is 4.14. The van der Waals surface area contributed by atoms with Crippen LogP contribution in [0.4, 0.5) is 18.9 Å². The summed E-state index contributed by atoms with van der Waals surface area (Å²) in [4.78, 5) is -0.217. The van der Waals surface area contributed by atoms with Gasteiger partial charge in [0.15, 0.2) is 0 Å². The van der Waals surface area contributed by atoms with Crippen molar-refractivity contribution in [3.05, 3.63) is 100 Å². The Balaban J connectivity index is 1.80. The summed E-state index contributed by atoms with van der Waals surface area (Å²) >= 11 is 6.19. The van der Waals surface area contributed by atoms with Gasteiger partial charge in [-0.15, -0.1) is 0 Å². The molecule has 8 heteroatoms. The molecule has 0 atom stereocenters. The van der Waals surface area contributed by atoms with Gasteiger partial charge in [0.25, 0.3) is 15.9 Å². The smallest absolute Gasteiger partial charge is 0.265 e. The molecule has 0 amide bonds. The molecule has 0 aromatic heterocycles. The topological polar surface area (TPSA) is 37.4 Å². The predicted octanol–water partition coefficient (Wildman–Crippen LogP) is 7.76. The summed E-state index contributed by atoms with van der Waals surface area (Å²) in [7, 11) is -4.14. The van der Waals surface area contributed by atoms with E-state index >= 15 is 0 Å². The Labute approximate surface area is 208 Å². The number of nitrogens with zero attached hydrogens (tertiary/aromatic N) is 1. The molecule has 1 aliphatic rings. The van der Waals surface area contributed by atoms with Gasteiger partial charge in [-0.1, -0.05) is 54.6 Å². The predicted molar refractivity (Wildman–Crippen MR) is 136 cm³/mol. The van der Waals surface area contributed by atoms with Crippen LogP contribution >= 0.6 is 11.6 Å². The number of alkyl halides is 2. The van der Waals surface area contributed by atoms with Crippen LogP contribution in [0.25, 0.3) is 17.2 Å². The first-order valence-electron chi connectivity index (χ1n) is 10.9. The minimum absolute atomic E-state index is 0.117. The molecule has 0 aliphatic carbocycles. The quantitative estimate of drug-likeness (QED) is 0.324. The van der Waals surface area contributed by atoms with Crippen molar-refractivity contribution in [2.75, 3.05) is 10.8 Å². The normalized spacial score (nSPS) is 14.7. The third-order valence-corrected chi connectivity index (χ3v) is 8.08. The van der Waals surface area contributed by atoms with Gasteiger partial charge in [-0.25, -0.2) is 21.6 Å². The Kier molecular flexibility index (Phi) is 6.60. The largest absolute Gasteiger partial charge is 0.270 e. The van der Waals surface area contributed by atoms with Crippen molar-refractivity contribution in [2.45, 2.75) is 31.1 Å². The maximum absolute atomic E-state index is 14.4. The van der Waals surface area contributed by atoms with Gasteiger partial charge < -0.3 is 0 Å². The Morgan fingerprint density at radius 2 is 1.83 bits per heavy atom. The molecule has 3 aromatic rings.